The van der Waals surface area contributed by atoms with Crippen LogP contribution >= 0.6 is 11.8 Å². The molecule has 0 saturated carbocycles. The first kappa shape index (κ1) is 11.8. The molecule has 0 aliphatic heterocycles. The molecule has 0 rings (SSSR count). The van der Waals surface area contributed by atoms with E-state index in [1.165, 1.54) is 0 Å². The van der Waals surface area contributed by atoms with E-state index < -0.39 is 0 Å². The number of hydrogen-bond donors (Lipinski definition) is 1. The summed E-state index contributed by atoms with van der Waals surface area (Å²) in [6, 6.07) is 0. The van der Waals surface area contributed by atoms with Gasteiger partial charge in [-0.15, -0.1) is 11.8 Å². The lowest BCUT2D eigenvalue weighted by atomic mass is 10.5. The summed E-state index contributed by atoms with van der Waals surface area (Å²) in [5.41, 5.74) is 0. The minimum atomic E-state index is -0.221. The summed E-state index contributed by atoms with van der Waals surface area (Å²) in [6.45, 7) is 5.77. The van der Waals surface area contributed by atoms with Crippen molar-refractivity contribution in [1.29, 1.82) is 0 Å². The van der Waals surface area contributed by atoms with Crippen LogP contribution in [0, 0.1) is 0 Å². The van der Waals surface area contributed by atoms with Gasteiger partial charge in [-0.3, -0.25) is 4.79 Å². The van der Waals surface area contributed by atoms with Gasteiger partial charge >= 0.3 is 0 Å². The van der Waals surface area contributed by atoms with Gasteiger partial charge in [0.2, 0.25) is 5.91 Å². The van der Waals surface area contributed by atoms with Crippen LogP contribution < -0.4 is 5.32 Å². The van der Waals surface area contributed by atoms with Crippen LogP contribution in [0.15, 0.2) is 0 Å². The first-order chi connectivity index (χ1) is 5.52. The predicted molar refractivity (Wildman–Crippen MR) is 52.0 cm³/mol. The van der Waals surface area contributed by atoms with Crippen molar-refractivity contribution in [3.8, 4) is 0 Å². The number of carbonyl (C=O) groups excluding carboxylic acids is 1. The Kier molecular flexibility index (Phi) is 5.33. The maximum atomic E-state index is 10.8. The molecular formula is C8H17NO2S. The van der Waals surface area contributed by atoms with Crippen molar-refractivity contribution in [3.63, 3.8) is 0 Å². The zero-order valence-corrected chi connectivity index (χ0v) is 8.96. The molecular weight excluding hydrogens is 174 g/mol. The van der Waals surface area contributed by atoms with E-state index >= 15 is 0 Å². The van der Waals surface area contributed by atoms with Gasteiger partial charge in [0, 0.05) is 13.5 Å². The van der Waals surface area contributed by atoms with Gasteiger partial charge < -0.3 is 10.1 Å². The van der Waals surface area contributed by atoms with E-state index in [1.54, 1.807) is 18.9 Å². The fraction of sp³-hybridized carbons (Fsp3) is 0.875. The molecule has 0 radical (unpaired) electrons. The standard InChI is InChI=1S/C8H17NO2S/c1-5-7(10)9-6-12-8(2,3)11-4/h5-6H2,1-4H3,(H,9,10). The van der Waals surface area contributed by atoms with E-state index in [4.69, 9.17) is 4.74 Å². The third-order valence-corrected chi connectivity index (χ3v) is 2.65. The summed E-state index contributed by atoms with van der Waals surface area (Å²) in [5.74, 6) is 0.683. The van der Waals surface area contributed by atoms with Crippen LogP contribution in [0.4, 0.5) is 0 Å². The number of hydrogen-bond acceptors (Lipinski definition) is 3. The fourth-order valence-electron chi connectivity index (χ4n) is 0.474. The third kappa shape index (κ3) is 5.43. The first-order valence-corrected chi connectivity index (χ1v) is 4.96. The van der Waals surface area contributed by atoms with Crippen LogP contribution in [-0.2, 0) is 9.53 Å². The lowest BCUT2D eigenvalue weighted by molar-refractivity contribution is -0.120. The maximum Gasteiger partial charge on any atom is 0.220 e. The molecule has 0 aliphatic carbocycles. The Labute approximate surface area is 78.2 Å². The van der Waals surface area contributed by atoms with E-state index in [1.807, 2.05) is 20.8 Å². The van der Waals surface area contributed by atoms with Gasteiger partial charge in [-0.1, -0.05) is 6.92 Å². The summed E-state index contributed by atoms with van der Waals surface area (Å²) in [6.07, 6.45) is 0.536. The second kappa shape index (κ2) is 5.43. The highest BCUT2D eigenvalue weighted by atomic mass is 32.2. The highest BCUT2D eigenvalue weighted by Gasteiger charge is 2.16. The average Bonchev–Trinajstić information content (AvgIpc) is 2.04. The van der Waals surface area contributed by atoms with E-state index in [-0.39, 0.29) is 10.8 Å². The minimum Gasteiger partial charge on any atom is -0.368 e. The van der Waals surface area contributed by atoms with Crippen LogP contribution in [0.5, 0.6) is 0 Å². The first-order valence-electron chi connectivity index (χ1n) is 3.97. The van der Waals surface area contributed by atoms with Gasteiger partial charge in [0.05, 0.1) is 5.88 Å². The molecule has 0 atom stereocenters. The number of amides is 1. The Balaban J connectivity index is 3.49. The fourth-order valence-corrected chi connectivity index (χ4v) is 1.17. The van der Waals surface area contributed by atoms with Gasteiger partial charge in [-0.05, 0) is 13.8 Å². The summed E-state index contributed by atoms with van der Waals surface area (Å²) in [5, 5.41) is 2.77. The molecule has 0 fully saturated rings. The molecule has 0 bridgehead atoms. The van der Waals surface area contributed by atoms with Crippen molar-refractivity contribution in [1.82, 2.24) is 5.32 Å². The molecule has 0 spiro atoms. The van der Waals surface area contributed by atoms with Gasteiger partial charge in [0.15, 0.2) is 0 Å². The van der Waals surface area contributed by atoms with Crippen molar-refractivity contribution in [3.05, 3.63) is 0 Å². The Morgan fingerprint density at radius 3 is 2.58 bits per heavy atom. The number of thioether (sulfide) groups is 1. The summed E-state index contributed by atoms with van der Waals surface area (Å²) in [4.78, 5) is 10.6. The summed E-state index contributed by atoms with van der Waals surface area (Å²) >= 11 is 1.57. The number of ether oxygens (including phenoxy) is 1. The Morgan fingerprint density at radius 2 is 2.17 bits per heavy atom. The molecule has 0 aromatic carbocycles. The zero-order valence-electron chi connectivity index (χ0n) is 8.14. The number of methoxy groups -OCH3 is 1. The molecule has 0 aromatic rings. The summed E-state index contributed by atoms with van der Waals surface area (Å²) in [7, 11) is 1.66. The third-order valence-electron chi connectivity index (χ3n) is 1.50. The Hall–Kier alpha value is -0.220. The molecule has 1 amide bonds. The smallest absolute Gasteiger partial charge is 0.220 e. The van der Waals surface area contributed by atoms with Crippen molar-refractivity contribution >= 4 is 17.7 Å². The van der Waals surface area contributed by atoms with Gasteiger partial charge in [0.1, 0.15) is 4.93 Å². The van der Waals surface area contributed by atoms with E-state index in [0.29, 0.717) is 12.3 Å². The second-order valence-electron chi connectivity index (χ2n) is 2.85. The normalized spacial score (nSPS) is 11.3. The molecule has 3 nitrogen and oxygen atoms in total. The van der Waals surface area contributed by atoms with Crippen LogP contribution in [-0.4, -0.2) is 23.8 Å². The van der Waals surface area contributed by atoms with Crippen molar-refractivity contribution < 1.29 is 9.53 Å². The molecule has 0 heterocycles. The summed E-state index contributed by atoms with van der Waals surface area (Å²) < 4.78 is 5.16. The molecule has 0 saturated heterocycles. The molecule has 0 unspecified atom stereocenters. The molecule has 0 aliphatic rings. The van der Waals surface area contributed by atoms with Crippen molar-refractivity contribution in [2.45, 2.75) is 32.1 Å². The molecule has 4 heteroatoms. The largest absolute Gasteiger partial charge is 0.368 e. The minimum absolute atomic E-state index is 0.0782. The number of carbonyl (C=O) groups is 1. The Morgan fingerprint density at radius 1 is 1.58 bits per heavy atom. The second-order valence-corrected chi connectivity index (χ2v) is 4.41. The van der Waals surface area contributed by atoms with Gasteiger partial charge in [-0.2, -0.15) is 0 Å². The van der Waals surface area contributed by atoms with E-state index in [2.05, 4.69) is 5.32 Å². The number of nitrogens with one attached hydrogen (secondary N) is 1. The van der Waals surface area contributed by atoms with Crippen LogP contribution in [0.25, 0.3) is 0 Å². The maximum absolute atomic E-state index is 10.8. The monoisotopic (exact) mass is 191 g/mol. The van der Waals surface area contributed by atoms with Crippen molar-refractivity contribution in [2.24, 2.45) is 0 Å². The Bertz CT molecular complexity index is 148. The van der Waals surface area contributed by atoms with Crippen LogP contribution in [0.2, 0.25) is 0 Å². The van der Waals surface area contributed by atoms with Crippen LogP contribution in [0.1, 0.15) is 27.2 Å². The molecule has 0 aromatic heterocycles. The van der Waals surface area contributed by atoms with Crippen LogP contribution in [0.3, 0.4) is 0 Å². The average molecular weight is 191 g/mol. The lowest BCUT2D eigenvalue weighted by Gasteiger charge is -2.21. The predicted octanol–water partition coefficient (Wildman–Crippen LogP) is 1.59. The SMILES string of the molecule is CCC(=O)NCSC(C)(C)OC. The van der Waals surface area contributed by atoms with E-state index in [0.717, 1.165) is 0 Å². The molecule has 1 N–H and O–H groups in total. The van der Waals surface area contributed by atoms with Gasteiger partial charge in [-0.25, -0.2) is 0 Å². The van der Waals surface area contributed by atoms with E-state index in [9.17, 15) is 4.79 Å². The quantitative estimate of drug-likeness (QED) is 0.671. The van der Waals surface area contributed by atoms with Crippen molar-refractivity contribution in [2.75, 3.05) is 13.0 Å². The molecule has 72 valence electrons. The lowest BCUT2D eigenvalue weighted by Crippen LogP contribution is -2.26. The highest BCUT2D eigenvalue weighted by molar-refractivity contribution is 8.00. The molecule has 12 heavy (non-hydrogen) atoms. The number of rotatable bonds is 5. The highest BCUT2D eigenvalue weighted by Crippen LogP contribution is 2.23. The van der Waals surface area contributed by atoms with Gasteiger partial charge in [0.25, 0.3) is 0 Å². The topological polar surface area (TPSA) is 38.3 Å². The zero-order chi connectivity index (χ0) is 9.61.